The van der Waals surface area contributed by atoms with E-state index < -0.39 is 11.9 Å². The SMILES string of the molecule is COc1ccc(OC)c(C=CC(=O)Nc2c(O)cccc2C(=O)O)c1. The van der Waals surface area contributed by atoms with Gasteiger partial charge in [0.1, 0.15) is 17.2 Å². The van der Waals surface area contributed by atoms with Gasteiger partial charge in [-0.1, -0.05) is 6.07 Å². The van der Waals surface area contributed by atoms with E-state index in [1.807, 2.05) is 0 Å². The van der Waals surface area contributed by atoms with Gasteiger partial charge < -0.3 is 25.0 Å². The van der Waals surface area contributed by atoms with Crippen molar-refractivity contribution in [3.05, 3.63) is 53.6 Å². The van der Waals surface area contributed by atoms with E-state index in [9.17, 15) is 14.7 Å². The first-order chi connectivity index (χ1) is 12.0. The second-order valence-corrected chi connectivity index (χ2v) is 4.94. The van der Waals surface area contributed by atoms with Crippen molar-refractivity contribution in [2.24, 2.45) is 0 Å². The molecule has 3 N–H and O–H groups in total. The van der Waals surface area contributed by atoms with Gasteiger partial charge in [-0.15, -0.1) is 0 Å². The Labute approximate surface area is 144 Å². The van der Waals surface area contributed by atoms with Crippen LogP contribution in [0.15, 0.2) is 42.5 Å². The summed E-state index contributed by atoms with van der Waals surface area (Å²) in [5.74, 6) is -1.06. The Kier molecular flexibility index (Phi) is 5.62. The maximum atomic E-state index is 12.1. The van der Waals surface area contributed by atoms with E-state index in [-0.39, 0.29) is 17.0 Å². The van der Waals surface area contributed by atoms with Gasteiger partial charge >= 0.3 is 5.97 Å². The summed E-state index contributed by atoms with van der Waals surface area (Å²) in [6.45, 7) is 0. The third-order valence-electron chi connectivity index (χ3n) is 3.37. The molecule has 0 aliphatic heterocycles. The van der Waals surface area contributed by atoms with Crippen molar-refractivity contribution in [1.29, 1.82) is 0 Å². The molecule has 0 atom stereocenters. The molecule has 0 radical (unpaired) electrons. The molecule has 0 aliphatic carbocycles. The first-order valence-electron chi connectivity index (χ1n) is 7.22. The van der Waals surface area contributed by atoms with Gasteiger partial charge in [-0.05, 0) is 36.4 Å². The number of methoxy groups -OCH3 is 2. The summed E-state index contributed by atoms with van der Waals surface area (Å²) in [6, 6.07) is 9.05. The van der Waals surface area contributed by atoms with Crippen molar-refractivity contribution < 1.29 is 29.3 Å². The number of amides is 1. The summed E-state index contributed by atoms with van der Waals surface area (Å²) in [7, 11) is 3.02. The zero-order chi connectivity index (χ0) is 18.4. The van der Waals surface area contributed by atoms with E-state index in [0.29, 0.717) is 17.1 Å². The van der Waals surface area contributed by atoms with Crippen molar-refractivity contribution >= 4 is 23.6 Å². The second kappa shape index (κ2) is 7.87. The van der Waals surface area contributed by atoms with Crippen LogP contribution in [0.1, 0.15) is 15.9 Å². The van der Waals surface area contributed by atoms with Gasteiger partial charge in [0.2, 0.25) is 5.91 Å². The summed E-state index contributed by atoms with van der Waals surface area (Å²) >= 11 is 0. The summed E-state index contributed by atoms with van der Waals surface area (Å²) in [5.41, 5.74) is 0.232. The van der Waals surface area contributed by atoms with Crippen molar-refractivity contribution in [2.75, 3.05) is 19.5 Å². The van der Waals surface area contributed by atoms with Crippen LogP contribution in [0.4, 0.5) is 5.69 Å². The number of aromatic carboxylic acids is 1. The first kappa shape index (κ1) is 17.9. The number of carbonyl (C=O) groups is 2. The van der Waals surface area contributed by atoms with Crippen LogP contribution in [-0.4, -0.2) is 36.3 Å². The van der Waals surface area contributed by atoms with Crippen LogP contribution in [0, 0.1) is 0 Å². The third-order valence-corrected chi connectivity index (χ3v) is 3.37. The molecule has 0 spiro atoms. The number of carbonyl (C=O) groups excluding carboxylic acids is 1. The van der Waals surface area contributed by atoms with Crippen molar-refractivity contribution in [3.63, 3.8) is 0 Å². The average molecular weight is 343 g/mol. The van der Waals surface area contributed by atoms with Crippen molar-refractivity contribution in [1.82, 2.24) is 0 Å². The van der Waals surface area contributed by atoms with E-state index in [0.717, 1.165) is 0 Å². The summed E-state index contributed by atoms with van der Waals surface area (Å²) < 4.78 is 10.3. The lowest BCUT2D eigenvalue weighted by Crippen LogP contribution is -2.12. The fourth-order valence-corrected chi connectivity index (χ4v) is 2.15. The number of nitrogens with one attached hydrogen (secondary N) is 1. The van der Waals surface area contributed by atoms with Crippen LogP contribution in [0.2, 0.25) is 0 Å². The van der Waals surface area contributed by atoms with Gasteiger partial charge in [0.15, 0.2) is 0 Å². The molecule has 0 unspecified atom stereocenters. The Hall–Kier alpha value is -3.48. The number of carboxylic acid groups (broad SMARTS) is 1. The molecule has 0 saturated heterocycles. The lowest BCUT2D eigenvalue weighted by molar-refractivity contribution is -0.111. The van der Waals surface area contributed by atoms with E-state index >= 15 is 0 Å². The highest BCUT2D eigenvalue weighted by Crippen LogP contribution is 2.28. The number of benzene rings is 2. The lowest BCUT2D eigenvalue weighted by atomic mass is 10.1. The standard InChI is InChI=1S/C18H17NO6/c1-24-12-7-8-15(25-2)11(10-12)6-9-16(21)19-17-13(18(22)23)4-3-5-14(17)20/h3-10,20H,1-2H3,(H,19,21)(H,22,23). The van der Waals surface area contributed by atoms with E-state index in [4.69, 9.17) is 14.6 Å². The molecule has 2 aromatic rings. The molecule has 2 aromatic carbocycles. The van der Waals surface area contributed by atoms with Crippen LogP contribution < -0.4 is 14.8 Å². The molecule has 7 heteroatoms. The van der Waals surface area contributed by atoms with Crippen molar-refractivity contribution in [3.8, 4) is 17.2 Å². The van der Waals surface area contributed by atoms with Gasteiger partial charge in [0.25, 0.3) is 0 Å². The summed E-state index contributed by atoms with van der Waals surface area (Å²) in [5, 5.41) is 21.3. The number of para-hydroxylation sites is 1. The number of aromatic hydroxyl groups is 1. The smallest absolute Gasteiger partial charge is 0.337 e. The molecule has 1 amide bonds. The minimum atomic E-state index is -1.26. The van der Waals surface area contributed by atoms with E-state index in [1.54, 1.807) is 18.2 Å². The van der Waals surface area contributed by atoms with Gasteiger partial charge in [0.05, 0.1) is 25.5 Å². The molecule has 0 heterocycles. The molecular formula is C18H17NO6. The Balaban J connectivity index is 2.24. The molecular weight excluding hydrogens is 326 g/mol. The number of ether oxygens (including phenoxy) is 2. The predicted octanol–water partition coefficient (Wildman–Crippen LogP) is 2.76. The zero-order valence-corrected chi connectivity index (χ0v) is 13.6. The highest BCUT2D eigenvalue weighted by molar-refractivity contribution is 6.07. The monoisotopic (exact) mass is 343 g/mol. The summed E-state index contributed by atoms with van der Waals surface area (Å²) in [4.78, 5) is 23.3. The molecule has 25 heavy (non-hydrogen) atoms. The Morgan fingerprint density at radius 2 is 1.88 bits per heavy atom. The maximum absolute atomic E-state index is 12.1. The fraction of sp³-hybridized carbons (Fsp3) is 0.111. The predicted molar refractivity (Wildman–Crippen MR) is 92.3 cm³/mol. The molecule has 0 aliphatic rings. The maximum Gasteiger partial charge on any atom is 0.337 e. The van der Waals surface area contributed by atoms with Gasteiger partial charge in [-0.3, -0.25) is 4.79 Å². The molecule has 0 aromatic heterocycles. The minimum Gasteiger partial charge on any atom is -0.506 e. The highest BCUT2D eigenvalue weighted by atomic mass is 16.5. The largest absolute Gasteiger partial charge is 0.506 e. The number of phenols is 1. The fourth-order valence-electron chi connectivity index (χ4n) is 2.15. The second-order valence-electron chi connectivity index (χ2n) is 4.94. The number of anilines is 1. The molecule has 2 rings (SSSR count). The Bertz CT molecular complexity index is 828. The average Bonchev–Trinajstić information content (AvgIpc) is 2.61. The zero-order valence-electron chi connectivity index (χ0n) is 13.6. The third kappa shape index (κ3) is 4.29. The van der Waals surface area contributed by atoms with E-state index in [2.05, 4.69) is 5.32 Å². The van der Waals surface area contributed by atoms with Crippen LogP contribution in [0.3, 0.4) is 0 Å². The molecule has 7 nitrogen and oxygen atoms in total. The van der Waals surface area contributed by atoms with Crippen LogP contribution in [0.25, 0.3) is 6.08 Å². The Morgan fingerprint density at radius 3 is 2.52 bits per heavy atom. The van der Waals surface area contributed by atoms with E-state index in [1.165, 1.54) is 44.6 Å². The normalized spacial score (nSPS) is 10.5. The van der Waals surface area contributed by atoms with Crippen LogP contribution in [0.5, 0.6) is 17.2 Å². The van der Waals surface area contributed by atoms with Crippen molar-refractivity contribution in [2.45, 2.75) is 0 Å². The van der Waals surface area contributed by atoms with Gasteiger partial charge in [-0.25, -0.2) is 4.79 Å². The number of phenolic OH excluding ortho intramolecular Hbond substituents is 1. The Morgan fingerprint density at radius 1 is 1.12 bits per heavy atom. The van der Waals surface area contributed by atoms with Crippen LogP contribution >= 0.6 is 0 Å². The first-order valence-corrected chi connectivity index (χ1v) is 7.22. The lowest BCUT2D eigenvalue weighted by Gasteiger charge is -2.09. The minimum absolute atomic E-state index is 0.165. The summed E-state index contributed by atoms with van der Waals surface area (Å²) in [6.07, 6.45) is 2.70. The molecule has 0 bridgehead atoms. The number of hydrogen-bond donors (Lipinski definition) is 3. The number of hydrogen-bond acceptors (Lipinski definition) is 5. The van der Waals surface area contributed by atoms with Gasteiger partial charge in [0, 0.05) is 11.6 Å². The molecule has 130 valence electrons. The molecule has 0 saturated carbocycles. The number of rotatable bonds is 6. The quantitative estimate of drug-likeness (QED) is 0.550. The topological polar surface area (TPSA) is 105 Å². The molecule has 0 fully saturated rings. The van der Waals surface area contributed by atoms with Gasteiger partial charge in [-0.2, -0.15) is 0 Å². The highest BCUT2D eigenvalue weighted by Gasteiger charge is 2.15. The van der Waals surface area contributed by atoms with Crippen LogP contribution in [-0.2, 0) is 4.79 Å². The number of carboxylic acids is 1.